The standard InChI is InChI=1S/C15H18N2O3/c1-3-19-12-5-6-14(20-4-2)13(8-12)17-10-11(9-16)7-15(17)18/h5-6,8,11H,3-4,7,10H2,1-2H3. The third kappa shape index (κ3) is 2.85. The molecule has 1 aromatic rings. The van der Waals surface area contributed by atoms with Crippen LogP contribution in [-0.4, -0.2) is 25.7 Å². The van der Waals surface area contributed by atoms with Gasteiger partial charge in [0.25, 0.3) is 0 Å². The van der Waals surface area contributed by atoms with Crippen molar-refractivity contribution in [2.75, 3.05) is 24.7 Å². The van der Waals surface area contributed by atoms with Crippen LogP contribution in [-0.2, 0) is 4.79 Å². The highest BCUT2D eigenvalue weighted by atomic mass is 16.5. The number of rotatable bonds is 5. The summed E-state index contributed by atoms with van der Waals surface area (Å²) in [4.78, 5) is 13.7. The van der Waals surface area contributed by atoms with Crippen LogP contribution in [0.3, 0.4) is 0 Å². The molecule has 1 atom stereocenters. The molecule has 2 rings (SSSR count). The molecule has 1 amide bonds. The molecular weight excluding hydrogens is 256 g/mol. The second-order valence-electron chi connectivity index (χ2n) is 4.53. The van der Waals surface area contributed by atoms with Gasteiger partial charge in [-0.05, 0) is 26.0 Å². The third-order valence-electron chi connectivity index (χ3n) is 3.14. The lowest BCUT2D eigenvalue weighted by Gasteiger charge is -2.20. The molecule has 0 aliphatic carbocycles. The monoisotopic (exact) mass is 274 g/mol. The van der Waals surface area contributed by atoms with E-state index < -0.39 is 0 Å². The van der Waals surface area contributed by atoms with E-state index >= 15 is 0 Å². The molecule has 0 saturated carbocycles. The maximum Gasteiger partial charge on any atom is 0.228 e. The largest absolute Gasteiger partial charge is 0.494 e. The molecule has 1 heterocycles. The van der Waals surface area contributed by atoms with Gasteiger partial charge in [-0.3, -0.25) is 4.79 Å². The minimum absolute atomic E-state index is 0.0499. The molecule has 0 spiro atoms. The first-order chi connectivity index (χ1) is 9.69. The van der Waals surface area contributed by atoms with Crippen molar-refractivity contribution in [2.45, 2.75) is 20.3 Å². The van der Waals surface area contributed by atoms with Gasteiger partial charge in [-0.15, -0.1) is 0 Å². The number of benzene rings is 1. The molecule has 1 unspecified atom stereocenters. The van der Waals surface area contributed by atoms with Gasteiger partial charge in [-0.1, -0.05) is 0 Å². The van der Waals surface area contributed by atoms with Gasteiger partial charge in [0.15, 0.2) is 0 Å². The number of anilines is 1. The van der Waals surface area contributed by atoms with E-state index in [2.05, 4.69) is 6.07 Å². The minimum atomic E-state index is -0.257. The Kier molecular flexibility index (Phi) is 4.46. The zero-order valence-electron chi connectivity index (χ0n) is 11.8. The molecule has 1 aliphatic heterocycles. The molecule has 0 aromatic heterocycles. The van der Waals surface area contributed by atoms with E-state index in [0.29, 0.717) is 36.9 Å². The van der Waals surface area contributed by atoms with E-state index in [-0.39, 0.29) is 18.2 Å². The maximum absolute atomic E-state index is 12.0. The van der Waals surface area contributed by atoms with Gasteiger partial charge in [0.1, 0.15) is 11.5 Å². The van der Waals surface area contributed by atoms with Crippen LogP contribution in [0.4, 0.5) is 5.69 Å². The fraction of sp³-hybridized carbons (Fsp3) is 0.467. The summed E-state index contributed by atoms with van der Waals surface area (Å²) in [6.45, 7) is 5.28. The number of ether oxygens (including phenoxy) is 2. The van der Waals surface area contributed by atoms with Crippen molar-refractivity contribution in [3.63, 3.8) is 0 Å². The van der Waals surface area contributed by atoms with Gasteiger partial charge in [0.2, 0.25) is 5.91 Å². The highest BCUT2D eigenvalue weighted by molar-refractivity contribution is 5.97. The Balaban J connectivity index is 2.34. The van der Waals surface area contributed by atoms with Crippen molar-refractivity contribution in [1.82, 2.24) is 0 Å². The van der Waals surface area contributed by atoms with Gasteiger partial charge in [-0.25, -0.2) is 0 Å². The van der Waals surface area contributed by atoms with Crippen molar-refractivity contribution in [3.8, 4) is 17.6 Å². The molecule has 106 valence electrons. The Morgan fingerprint density at radius 3 is 2.70 bits per heavy atom. The zero-order valence-corrected chi connectivity index (χ0v) is 11.8. The summed E-state index contributed by atoms with van der Waals surface area (Å²) in [5, 5.41) is 8.98. The summed E-state index contributed by atoms with van der Waals surface area (Å²) in [5.74, 6) is 1.03. The van der Waals surface area contributed by atoms with Crippen LogP contribution < -0.4 is 14.4 Å². The van der Waals surface area contributed by atoms with Gasteiger partial charge in [0.05, 0.1) is 30.9 Å². The molecule has 5 heteroatoms. The van der Waals surface area contributed by atoms with Crippen LogP contribution in [0.1, 0.15) is 20.3 Å². The molecule has 0 bridgehead atoms. The number of carbonyl (C=O) groups excluding carboxylic acids is 1. The number of nitrogens with zero attached hydrogens (tertiary/aromatic N) is 2. The van der Waals surface area contributed by atoms with Gasteiger partial charge < -0.3 is 14.4 Å². The van der Waals surface area contributed by atoms with E-state index in [1.165, 1.54) is 0 Å². The predicted octanol–water partition coefficient (Wildman–Crippen LogP) is 2.36. The van der Waals surface area contributed by atoms with Crippen LogP contribution in [0.2, 0.25) is 0 Å². The van der Waals surface area contributed by atoms with Gasteiger partial charge in [0, 0.05) is 19.0 Å². The Bertz CT molecular complexity index is 536. The highest BCUT2D eigenvalue weighted by Crippen LogP contribution is 2.36. The van der Waals surface area contributed by atoms with Crippen LogP contribution in [0.15, 0.2) is 18.2 Å². The Morgan fingerprint density at radius 1 is 1.35 bits per heavy atom. The van der Waals surface area contributed by atoms with Gasteiger partial charge in [-0.2, -0.15) is 5.26 Å². The van der Waals surface area contributed by atoms with Crippen LogP contribution in [0.25, 0.3) is 0 Å². The predicted molar refractivity (Wildman–Crippen MR) is 74.9 cm³/mol. The Labute approximate surface area is 118 Å². The topological polar surface area (TPSA) is 62.6 Å². The second-order valence-corrected chi connectivity index (χ2v) is 4.53. The number of hydrogen-bond acceptors (Lipinski definition) is 4. The first-order valence-corrected chi connectivity index (χ1v) is 6.79. The van der Waals surface area contributed by atoms with Crippen molar-refractivity contribution >= 4 is 11.6 Å². The van der Waals surface area contributed by atoms with Crippen LogP contribution >= 0.6 is 0 Å². The Hall–Kier alpha value is -2.22. The SMILES string of the molecule is CCOc1ccc(OCC)c(N2CC(C#N)CC2=O)c1. The first-order valence-electron chi connectivity index (χ1n) is 6.79. The first kappa shape index (κ1) is 14.2. The zero-order chi connectivity index (χ0) is 14.5. The molecule has 1 fully saturated rings. The summed E-state index contributed by atoms with van der Waals surface area (Å²) >= 11 is 0. The lowest BCUT2D eigenvalue weighted by Crippen LogP contribution is -2.25. The summed E-state index contributed by atoms with van der Waals surface area (Å²) in [6, 6.07) is 7.57. The molecule has 20 heavy (non-hydrogen) atoms. The van der Waals surface area contributed by atoms with E-state index in [0.717, 1.165) is 0 Å². The molecule has 0 N–H and O–H groups in total. The lowest BCUT2D eigenvalue weighted by molar-refractivity contribution is -0.117. The average molecular weight is 274 g/mol. The van der Waals surface area contributed by atoms with E-state index in [1.54, 1.807) is 17.0 Å². The quantitative estimate of drug-likeness (QED) is 0.827. The molecule has 0 radical (unpaired) electrons. The smallest absolute Gasteiger partial charge is 0.228 e. The van der Waals surface area contributed by atoms with E-state index in [9.17, 15) is 4.79 Å². The van der Waals surface area contributed by atoms with Crippen molar-refractivity contribution in [1.29, 1.82) is 5.26 Å². The molecular formula is C15H18N2O3. The van der Waals surface area contributed by atoms with Crippen LogP contribution in [0, 0.1) is 17.2 Å². The molecule has 1 saturated heterocycles. The summed E-state index contributed by atoms with van der Waals surface area (Å²) in [7, 11) is 0. The number of amides is 1. The minimum Gasteiger partial charge on any atom is -0.494 e. The van der Waals surface area contributed by atoms with Crippen molar-refractivity contribution in [2.24, 2.45) is 5.92 Å². The van der Waals surface area contributed by atoms with Crippen LogP contribution in [0.5, 0.6) is 11.5 Å². The fourth-order valence-electron chi connectivity index (χ4n) is 2.27. The highest BCUT2D eigenvalue weighted by Gasteiger charge is 2.32. The van der Waals surface area contributed by atoms with E-state index in [1.807, 2.05) is 19.9 Å². The van der Waals surface area contributed by atoms with E-state index in [4.69, 9.17) is 14.7 Å². The van der Waals surface area contributed by atoms with Gasteiger partial charge >= 0.3 is 0 Å². The summed E-state index contributed by atoms with van der Waals surface area (Å²) in [6.07, 6.45) is 0.265. The molecule has 1 aromatic carbocycles. The summed E-state index contributed by atoms with van der Waals surface area (Å²) in [5.41, 5.74) is 0.681. The third-order valence-corrected chi connectivity index (χ3v) is 3.14. The summed E-state index contributed by atoms with van der Waals surface area (Å²) < 4.78 is 11.0. The average Bonchev–Trinajstić information content (AvgIpc) is 2.82. The van der Waals surface area contributed by atoms with Crippen molar-refractivity contribution in [3.05, 3.63) is 18.2 Å². The number of carbonyl (C=O) groups is 1. The normalized spacial score (nSPS) is 17.9. The number of hydrogen-bond donors (Lipinski definition) is 0. The fourth-order valence-corrected chi connectivity index (χ4v) is 2.27. The molecule has 1 aliphatic rings. The second kappa shape index (κ2) is 6.29. The Morgan fingerprint density at radius 2 is 2.10 bits per heavy atom. The number of nitriles is 1. The van der Waals surface area contributed by atoms with Crippen molar-refractivity contribution < 1.29 is 14.3 Å². The lowest BCUT2D eigenvalue weighted by atomic mass is 10.1. The molecule has 5 nitrogen and oxygen atoms in total. The maximum atomic E-state index is 12.0.